The van der Waals surface area contributed by atoms with E-state index in [1.807, 2.05) is 31.2 Å². The molecule has 3 aromatic rings. The van der Waals surface area contributed by atoms with Crippen molar-refractivity contribution >= 4 is 17.9 Å². The van der Waals surface area contributed by atoms with E-state index in [0.29, 0.717) is 29.2 Å². The molecule has 156 valence electrons. The third-order valence-corrected chi connectivity index (χ3v) is 4.70. The molecule has 1 aliphatic rings. The molecule has 5 nitrogen and oxygen atoms in total. The maximum atomic E-state index is 13.5. The molecule has 0 saturated carbocycles. The van der Waals surface area contributed by atoms with Gasteiger partial charge >= 0.3 is 5.97 Å². The second kappa shape index (κ2) is 8.83. The monoisotopic (exact) mass is 417 g/mol. The van der Waals surface area contributed by atoms with Crippen molar-refractivity contribution in [1.29, 1.82) is 0 Å². The van der Waals surface area contributed by atoms with Crippen molar-refractivity contribution in [1.82, 2.24) is 0 Å². The zero-order chi connectivity index (χ0) is 21.8. The lowest BCUT2D eigenvalue weighted by Gasteiger charge is -2.12. The highest BCUT2D eigenvalue weighted by atomic mass is 19.1. The van der Waals surface area contributed by atoms with E-state index in [-0.39, 0.29) is 11.6 Å². The third kappa shape index (κ3) is 4.80. The molecule has 0 N–H and O–H groups in total. The van der Waals surface area contributed by atoms with E-state index in [1.54, 1.807) is 37.5 Å². The Hall–Kier alpha value is -3.93. The number of aryl methyl sites for hydroxylation is 1. The molecule has 6 heteroatoms. The van der Waals surface area contributed by atoms with Crippen molar-refractivity contribution in [2.24, 2.45) is 4.99 Å². The van der Waals surface area contributed by atoms with Crippen molar-refractivity contribution < 1.29 is 23.4 Å². The van der Waals surface area contributed by atoms with E-state index in [9.17, 15) is 9.18 Å². The molecule has 0 amide bonds. The minimum absolute atomic E-state index is 0.0695. The summed E-state index contributed by atoms with van der Waals surface area (Å²) >= 11 is 0. The quantitative estimate of drug-likeness (QED) is 0.415. The Morgan fingerprint density at radius 3 is 2.58 bits per heavy atom. The number of carbonyl (C=O) groups is 1. The molecule has 1 heterocycles. The van der Waals surface area contributed by atoms with Gasteiger partial charge in [0.2, 0.25) is 5.90 Å². The van der Waals surface area contributed by atoms with Gasteiger partial charge in [-0.3, -0.25) is 0 Å². The van der Waals surface area contributed by atoms with Crippen molar-refractivity contribution in [2.75, 3.05) is 7.11 Å². The van der Waals surface area contributed by atoms with E-state index in [4.69, 9.17) is 14.2 Å². The lowest BCUT2D eigenvalue weighted by molar-refractivity contribution is -0.129. The second-order valence-corrected chi connectivity index (χ2v) is 7.03. The molecular weight excluding hydrogens is 397 g/mol. The van der Waals surface area contributed by atoms with Gasteiger partial charge in [0.25, 0.3) is 0 Å². The number of cyclic esters (lactones) is 1. The number of hydrogen-bond donors (Lipinski definition) is 0. The topological polar surface area (TPSA) is 57.1 Å². The molecule has 0 aliphatic carbocycles. The number of carbonyl (C=O) groups excluding carboxylic acids is 1. The van der Waals surface area contributed by atoms with Crippen LogP contribution in [0.3, 0.4) is 0 Å². The first-order valence-corrected chi connectivity index (χ1v) is 9.67. The standard InChI is InChI=1S/C25H20FNO4/c1-16-6-8-17(9-7-16)15-30-23-13-18(10-11-22(23)29-2)12-21-25(28)31-24(27-21)19-4-3-5-20(26)14-19/h3-14H,15H2,1-2H3. The Morgan fingerprint density at radius 1 is 1.03 bits per heavy atom. The minimum Gasteiger partial charge on any atom is -0.493 e. The number of aliphatic imine (C=N–C) groups is 1. The predicted molar refractivity (Wildman–Crippen MR) is 116 cm³/mol. The number of halogens is 1. The molecule has 31 heavy (non-hydrogen) atoms. The van der Waals surface area contributed by atoms with E-state index in [1.165, 1.54) is 23.8 Å². The molecule has 0 bridgehead atoms. The molecule has 0 atom stereocenters. The largest absolute Gasteiger partial charge is 0.493 e. The van der Waals surface area contributed by atoms with Crippen molar-refractivity contribution in [3.05, 3.63) is 100 Å². The lowest BCUT2D eigenvalue weighted by atomic mass is 10.1. The van der Waals surface area contributed by atoms with Crippen LogP contribution in [-0.4, -0.2) is 19.0 Å². The molecule has 1 aliphatic heterocycles. The van der Waals surface area contributed by atoms with Gasteiger partial charge in [-0.1, -0.05) is 42.0 Å². The molecule has 0 unspecified atom stereocenters. The molecule has 0 radical (unpaired) electrons. The van der Waals surface area contributed by atoms with Gasteiger partial charge in [-0.05, 0) is 54.5 Å². The van der Waals surface area contributed by atoms with Crippen LogP contribution in [0.2, 0.25) is 0 Å². The maximum Gasteiger partial charge on any atom is 0.363 e. The summed E-state index contributed by atoms with van der Waals surface area (Å²) in [4.78, 5) is 16.5. The van der Waals surface area contributed by atoms with E-state index in [2.05, 4.69) is 4.99 Å². The second-order valence-electron chi connectivity index (χ2n) is 7.03. The summed E-state index contributed by atoms with van der Waals surface area (Å²) in [6, 6.07) is 19.1. The van der Waals surface area contributed by atoms with E-state index in [0.717, 1.165) is 5.56 Å². The third-order valence-electron chi connectivity index (χ3n) is 4.70. The molecule has 0 aromatic heterocycles. The number of rotatable bonds is 6. The highest BCUT2D eigenvalue weighted by Crippen LogP contribution is 2.30. The van der Waals surface area contributed by atoms with Crippen LogP contribution in [0.1, 0.15) is 22.3 Å². The Balaban J connectivity index is 1.57. The van der Waals surface area contributed by atoms with Crippen LogP contribution in [0.25, 0.3) is 6.08 Å². The van der Waals surface area contributed by atoms with Crippen LogP contribution in [0, 0.1) is 12.7 Å². The van der Waals surface area contributed by atoms with Crippen molar-refractivity contribution in [3.8, 4) is 11.5 Å². The Kier molecular flexibility index (Phi) is 5.80. The van der Waals surface area contributed by atoms with Crippen LogP contribution < -0.4 is 9.47 Å². The fourth-order valence-corrected chi connectivity index (χ4v) is 3.05. The van der Waals surface area contributed by atoms with Crippen molar-refractivity contribution in [3.63, 3.8) is 0 Å². The van der Waals surface area contributed by atoms with Crippen LogP contribution in [0.15, 0.2) is 77.4 Å². The van der Waals surface area contributed by atoms with Crippen LogP contribution in [0.4, 0.5) is 4.39 Å². The number of ether oxygens (including phenoxy) is 3. The van der Waals surface area contributed by atoms with Gasteiger partial charge in [-0.2, -0.15) is 0 Å². The van der Waals surface area contributed by atoms with Gasteiger partial charge < -0.3 is 14.2 Å². The first-order valence-electron chi connectivity index (χ1n) is 9.67. The molecular formula is C25H20FNO4. The smallest absolute Gasteiger partial charge is 0.363 e. The van der Waals surface area contributed by atoms with Gasteiger partial charge in [0.15, 0.2) is 17.2 Å². The van der Waals surface area contributed by atoms with E-state index < -0.39 is 11.8 Å². The SMILES string of the molecule is COc1ccc(C=C2N=C(c3cccc(F)c3)OC2=O)cc1OCc1ccc(C)cc1. The number of esters is 1. The normalized spacial score (nSPS) is 14.4. The first-order chi connectivity index (χ1) is 15.0. The summed E-state index contributed by atoms with van der Waals surface area (Å²) in [6.45, 7) is 2.40. The summed E-state index contributed by atoms with van der Waals surface area (Å²) in [6.07, 6.45) is 1.59. The molecule has 0 fully saturated rings. The molecule has 0 spiro atoms. The fraction of sp³-hybridized carbons (Fsp3) is 0.120. The summed E-state index contributed by atoms with van der Waals surface area (Å²) < 4.78 is 30.0. The van der Waals surface area contributed by atoms with Gasteiger partial charge in [-0.15, -0.1) is 0 Å². The number of methoxy groups -OCH3 is 1. The zero-order valence-corrected chi connectivity index (χ0v) is 17.1. The molecule has 3 aromatic carbocycles. The number of nitrogens with zero attached hydrogens (tertiary/aromatic N) is 1. The average molecular weight is 417 g/mol. The molecule has 0 saturated heterocycles. The van der Waals surface area contributed by atoms with Crippen LogP contribution in [-0.2, 0) is 16.1 Å². The Morgan fingerprint density at radius 2 is 1.84 bits per heavy atom. The van der Waals surface area contributed by atoms with Crippen LogP contribution >= 0.6 is 0 Å². The summed E-state index contributed by atoms with van der Waals surface area (Å²) in [7, 11) is 1.57. The average Bonchev–Trinajstić information content (AvgIpc) is 3.14. The number of hydrogen-bond acceptors (Lipinski definition) is 5. The summed E-state index contributed by atoms with van der Waals surface area (Å²) in [5, 5.41) is 0. The van der Waals surface area contributed by atoms with Gasteiger partial charge in [-0.25, -0.2) is 14.2 Å². The maximum absolute atomic E-state index is 13.5. The van der Waals surface area contributed by atoms with E-state index >= 15 is 0 Å². The van der Waals surface area contributed by atoms with Gasteiger partial charge in [0.1, 0.15) is 12.4 Å². The Labute approximate surface area is 179 Å². The summed E-state index contributed by atoms with van der Waals surface area (Å²) in [5.41, 5.74) is 3.41. The van der Waals surface area contributed by atoms with Gasteiger partial charge in [0.05, 0.1) is 7.11 Å². The zero-order valence-electron chi connectivity index (χ0n) is 17.1. The van der Waals surface area contributed by atoms with Crippen LogP contribution in [0.5, 0.6) is 11.5 Å². The van der Waals surface area contributed by atoms with Gasteiger partial charge in [0, 0.05) is 5.56 Å². The summed E-state index contributed by atoms with van der Waals surface area (Å²) in [5.74, 6) is 0.154. The highest BCUT2D eigenvalue weighted by molar-refractivity contribution is 6.12. The fourth-order valence-electron chi connectivity index (χ4n) is 3.05. The lowest BCUT2D eigenvalue weighted by Crippen LogP contribution is -2.05. The highest BCUT2D eigenvalue weighted by Gasteiger charge is 2.24. The predicted octanol–water partition coefficient (Wildman–Crippen LogP) is 5.07. The number of benzene rings is 3. The van der Waals surface area contributed by atoms with Crippen molar-refractivity contribution in [2.45, 2.75) is 13.5 Å². The minimum atomic E-state index is -0.600. The molecule has 4 rings (SSSR count). The Bertz CT molecular complexity index is 1180. The first kappa shape index (κ1) is 20.3.